The van der Waals surface area contributed by atoms with E-state index in [2.05, 4.69) is 35.5 Å². The zero-order valence-electron chi connectivity index (χ0n) is 10.7. The maximum atomic E-state index is 5.80. The first-order chi connectivity index (χ1) is 7.67. The van der Waals surface area contributed by atoms with Crippen molar-refractivity contribution in [1.82, 2.24) is 14.8 Å². The van der Waals surface area contributed by atoms with Crippen LogP contribution in [0.3, 0.4) is 0 Å². The highest BCUT2D eigenvalue weighted by molar-refractivity contribution is 4.88. The number of hydrogen-bond donors (Lipinski definition) is 1. The lowest BCUT2D eigenvalue weighted by atomic mass is 9.94. The zero-order valence-corrected chi connectivity index (χ0v) is 10.7. The molecule has 4 heteroatoms. The summed E-state index contributed by atoms with van der Waals surface area (Å²) in [5.74, 6) is 2.30. The van der Waals surface area contributed by atoms with Gasteiger partial charge in [0.2, 0.25) is 0 Å². The van der Waals surface area contributed by atoms with Crippen molar-refractivity contribution in [2.75, 3.05) is 6.54 Å². The molecule has 0 aromatic carbocycles. The maximum absolute atomic E-state index is 5.80. The van der Waals surface area contributed by atoms with Crippen LogP contribution in [0.4, 0.5) is 0 Å². The fourth-order valence-corrected chi connectivity index (χ4v) is 2.05. The molecule has 0 aliphatic rings. The van der Waals surface area contributed by atoms with Crippen molar-refractivity contribution in [3.63, 3.8) is 0 Å². The van der Waals surface area contributed by atoms with Gasteiger partial charge in [0.15, 0.2) is 0 Å². The van der Waals surface area contributed by atoms with Gasteiger partial charge in [-0.15, -0.1) is 10.2 Å². The lowest BCUT2D eigenvalue weighted by Crippen LogP contribution is -2.20. The first-order valence-electron chi connectivity index (χ1n) is 6.24. The average molecular weight is 224 g/mol. The minimum Gasteiger partial charge on any atom is -0.330 e. The molecule has 1 aromatic heterocycles. The standard InChI is InChI=1S/C12H24N4/c1-4-5-16-9-14-15-12(16)7-11(8-13)6-10(2)3/h9-11H,4-8,13H2,1-3H3/t11-/m0/s1. The SMILES string of the molecule is CCCn1cnnc1C[C@@H](CN)CC(C)C. The van der Waals surface area contributed by atoms with Gasteiger partial charge in [-0.2, -0.15) is 0 Å². The Hall–Kier alpha value is -0.900. The molecule has 0 saturated heterocycles. The molecule has 1 atom stereocenters. The Balaban J connectivity index is 2.58. The Kier molecular flexibility index (Phi) is 5.46. The van der Waals surface area contributed by atoms with Crippen LogP contribution in [0.25, 0.3) is 0 Å². The Bertz CT molecular complexity index is 293. The zero-order chi connectivity index (χ0) is 12.0. The lowest BCUT2D eigenvalue weighted by molar-refractivity contribution is 0.402. The molecular formula is C12H24N4. The Morgan fingerprint density at radius 1 is 1.44 bits per heavy atom. The molecule has 0 spiro atoms. The monoisotopic (exact) mass is 224 g/mol. The van der Waals surface area contributed by atoms with E-state index in [1.165, 1.54) is 0 Å². The Labute approximate surface area is 98.2 Å². The van der Waals surface area contributed by atoms with E-state index in [-0.39, 0.29) is 0 Å². The molecule has 0 unspecified atom stereocenters. The molecule has 2 N–H and O–H groups in total. The molecule has 16 heavy (non-hydrogen) atoms. The molecule has 1 heterocycles. The largest absolute Gasteiger partial charge is 0.330 e. The van der Waals surface area contributed by atoms with Gasteiger partial charge in [-0.3, -0.25) is 0 Å². The van der Waals surface area contributed by atoms with Gasteiger partial charge in [0.1, 0.15) is 12.2 Å². The predicted molar refractivity (Wildman–Crippen MR) is 66.0 cm³/mol. The van der Waals surface area contributed by atoms with Crippen LogP contribution in [-0.2, 0) is 13.0 Å². The van der Waals surface area contributed by atoms with Gasteiger partial charge < -0.3 is 10.3 Å². The third kappa shape index (κ3) is 3.93. The van der Waals surface area contributed by atoms with Crippen molar-refractivity contribution >= 4 is 0 Å². The van der Waals surface area contributed by atoms with Gasteiger partial charge in [0.25, 0.3) is 0 Å². The van der Waals surface area contributed by atoms with Crippen LogP contribution >= 0.6 is 0 Å². The summed E-state index contributed by atoms with van der Waals surface area (Å²) in [7, 11) is 0. The second-order valence-corrected chi connectivity index (χ2v) is 4.88. The number of nitrogens with zero attached hydrogens (tertiary/aromatic N) is 3. The van der Waals surface area contributed by atoms with Gasteiger partial charge in [-0.1, -0.05) is 20.8 Å². The number of nitrogens with two attached hydrogens (primary N) is 1. The van der Waals surface area contributed by atoms with Crippen LogP contribution in [0.5, 0.6) is 0 Å². The molecular weight excluding hydrogens is 200 g/mol. The molecule has 0 aliphatic carbocycles. The van der Waals surface area contributed by atoms with Crippen molar-refractivity contribution in [2.45, 2.75) is 46.6 Å². The highest BCUT2D eigenvalue weighted by atomic mass is 15.3. The molecule has 92 valence electrons. The molecule has 0 amide bonds. The molecule has 0 radical (unpaired) electrons. The third-order valence-electron chi connectivity index (χ3n) is 2.77. The van der Waals surface area contributed by atoms with E-state index in [1.807, 2.05) is 6.33 Å². The van der Waals surface area contributed by atoms with Crippen LogP contribution < -0.4 is 5.73 Å². The van der Waals surface area contributed by atoms with E-state index in [9.17, 15) is 0 Å². The smallest absolute Gasteiger partial charge is 0.133 e. The summed E-state index contributed by atoms with van der Waals surface area (Å²) < 4.78 is 2.14. The highest BCUT2D eigenvalue weighted by Gasteiger charge is 2.13. The molecule has 0 aliphatic heterocycles. The fraction of sp³-hybridized carbons (Fsp3) is 0.833. The van der Waals surface area contributed by atoms with Crippen molar-refractivity contribution in [2.24, 2.45) is 17.6 Å². The average Bonchev–Trinajstić information content (AvgIpc) is 2.65. The van der Waals surface area contributed by atoms with Crippen LogP contribution in [0, 0.1) is 11.8 Å². The van der Waals surface area contributed by atoms with Crippen molar-refractivity contribution < 1.29 is 0 Å². The lowest BCUT2D eigenvalue weighted by Gasteiger charge is -2.16. The second kappa shape index (κ2) is 6.63. The summed E-state index contributed by atoms with van der Waals surface area (Å²) in [6, 6.07) is 0. The number of aromatic nitrogens is 3. The van der Waals surface area contributed by atoms with Gasteiger partial charge in [0, 0.05) is 13.0 Å². The van der Waals surface area contributed by atoms with Crippen LogP contribution in [0.2, 0.25) is 0 Å². The van der Waals surface area contributed by atoms with E-state index in [0.29, 0.717) is 11.8 Å². The summed E-state index contributed by atoms with van der Waals surface area (Å²) in [4.78, 5) is 0. The molecule has 1 rings (SSSR count). The van der Waals surface area contributed by atoms with Crippen LogP contribution in [0.1, 0.15) is 39.4 Å². The fourth-order valence-electron chi connectivity index (χ4n) is 2.05. The molecule has 0 fully saturated rings. The molecule has 0 bridgehead atoms. The molecule has 0 saturated carbocycles. The first-order valence-corrected chi connectivity index (χ1v) is 6.24. The second-order valence-electron chi connectivity index (χ2n) is 4.88. The van der Waals surface area contributed by atoms with E-state index >= 15 is 0 Å². The molecule has 1 aromatic rings. The van der Waals surface area contributed by atoms with Crippen molar-refractivity contribution in [1.29, 1.82) is 0 Å². The summed E-state index contributed by atoms with van der Waals surface area (Å²) in [6.45, 7) is 8.37. The summed E-state index contributed by atoms with van der Waals surface area (Å²) in [5, 5.41) is 8.17. The summed E-state index contributed by atoms with van der Waals surface area (Å²) in [6.07, 6.45) is 5.05. The predicted octanol–water partition coefficient (Wildman–Crippen LogP) is 1.85. The summed E-state index contributed by atoms with van der Waals surface area (Å²) >= 11 is 0. The van der Waals surface area contributed by atoms with Crippen LogP contribution in [0.15, 0.2) is 6.33 Å². The van der Waals surface area contributed by atoms with E-state index in [1.54, 1.807) is 0 Å². The summed E-state index contributed by atoms with van der Waals surface area (Å²) in [5.41, 5.74) is 5.80. The number of aryl methyl sites for hydroxylation is 1. The van der Waals surface area contributed by atoms with Crippen molar-refractivity contribution in [3.05, 3.63) is 12.2 Å². The van der Waals surface area contributed by atoms with Gasteiger partial charge in [-0.05, 0) is 31.2 Å². The molecule has 4 nitrogen and oxygen atoms in total. The topological polar surface area (TPSA) is 56.7 Å². The van der Waals surface area contributed by atoms with E-state index < -0.39 is 0 Å². The Morgan fingerprint density at radius 3 is 2.75 bits per heavy atom. The van der Waals surface area contributed by atoms with Crippen LogP contribution in [-0.4, -0.2) is 21.3 Å². The van der Waals surface area contributed by atoms with Gasteiger partial charge in [0.05, 0.1) is 0 Å². The van der Waals surface area contributed by atoms with E-state index in [0.717, 1.165) is 38.2 Å². The number of rotatable bonds is 7. The first kappa shape index (κ1) is 13.2. The minimum atomic E-state index is 0.528. The number of hydrogen-bond acceptors (Lipinski definition) is 3. The highest BCUT2D eigenvalue weighted by Crippen LogP contribution is 2.15. The normalized spacial score (nSPS) is 13.3. The third-order valence-corrected chi connectivity index (χ3v) is 2.77. The van der Waals surface area contributed by atoms with E-state index in [4.69, 9.17) is 5.73 Å². The van der Waals surface area contributed by atoms with Gasteiger partial charge in [-0.25, -0.2) is 0 Å². The van der Waals surface area contributed by atoms with Crippen molar-refractivity contribution in [3.8, 4) is 0 Å². The minimum absolute atomic E-state index is 0.528. The van der Waals surface area contributed by atoms with Gasteiger partial charge >= 0.3 is 0 Å². The maximum Gasteiger partial charge on any atom is 0.133 e. The Morgan fingerprint density at radius 2 is 2.19 bits per heavy atom. The quantitative estimate of drug-likeness (QED) is 0.769.